The minimum atomic E-state index is -0.00686. The fourth-order valence-electron chi connectivity index (χ4n) is 2.73. The minimum Gasteiger partial charge on any atom is -0.310 e. The largest absolute Gasteiger partial charge is 0.310 e. The molecular weight excluding hydrogens is 292 g/mol. The SMILES string of the molecule is O=c1[nH]c(Cc2cnsn2)nc2sc3c(c12)CCCC3. The van der Waals surface area contributed by atoms with Crippen LogP contribution >= 0.6 is 23.1 Å². The molecule has 3 aromatic heterocycles. The molecule has 1 aliphatic rings. The smallest absolute Gasteiger partial charge is 0.259 e. The number of aryl methyl sites for hydroxylation is 2. The van der Waals surface area contributed by atoms with Crippen LogP contribution in [0.25, 0.3) is 10.2 Å². The van der Waals surface area contributed by atoms with Crippen molar-refractivity contribution in [1.82, 2.24) is 18.7 Å². The molecular formula is C13H12N4OS2. The number of hydrogen-bond acceptors (Lipinski definition) is 6. The zero-order valence-corrected chi connectivity index (χ0v) is 12.3. The Bertz CT molecular complexity index is 819. The van der Waals surface area contributed by atoms with Gasteiger partial charge in [0.1, 0.15) is 10.7 Å². The third-order valence-corrected chi connectivity index (χ3v) is 5.33. The Kier molecular flexibility index (Phi) is 2.89. The zero-order valence-electron chi connectivity index (χ0n) is 10.7. The van der Waals surface area contributed by atoms with Crippen LogP contribution < -0.4 is 5.56 Å². The van der Waals surface area contributed by atoms with E-state index in [9.17, 15) is 4.79 Å². The van der Waals surface area contributed by atoms with Gasteiger partial charge in [-0.3, -0.25) is 4.79 Å². The number of aromatic nitrogens is 4. The van der Waals surface area contributed by atoms with Gasteiger partial charge in [0.15, 0.2) is 0 Å². The van der Waals surface area contributed by atoms with E-state index in [-0.39, 0.29) is 5.56 Å². The van der Waals surface area contributed by atoms with Gasteiger partial charge in [0.05, 0.1) is 35.4 Å². The Balaban J connectivity index is 1.84. The second-order valence-electron chi connectivity index (χ2n) is 4.98. The first-order valence-corrected chi connectivity index (χ1v) is 8.16. The zero-order chi connectivity index (χ0) is 13.5. The Labute approximate surface area is 123 Å². The molecule has 1 N–H and O–H groups in total. The average Bonchev–Trinajstić information content (AvgIpc) is 3.05. The van der Waals surface area contributed by atoms with Gasteiger partial charge >= 0.3 is 0 Å². The van der Waals surface area contributed by atoms with E-state index in [1.165, 1.54) is 35.0 Å². The van der Waals surface area contributed by atoms with Crippen LogP contribution in [-0.2, 0) is 19.3 Å². The Hall–Kier alpha value is -1.60. The first-order chi connectivity index (χ1) is 9.81. The highest BCUT2D eigenvalue weighted by Gasteiger charge is 2.19. The first-order valence-electron chi connectivity index (χ1n) is 6.61. The molecule has 0 radical (unpaired) electrons. The second-order valence-corrected chi connectivity index (χ2v) is 6.62. The van der Waals surface area contributed by atoms with E-state index in [2.05, 4.69) is 18.7 Å². The van der Waals surface area contributed by atoms with Crippen LogP contribution in [0, 0.1) is 0 Å². The molecule has 7 heteroatoms. The lowest BCUT2D eigenvalue weighted by atomic mass is 9.97. The van der Waals surface area contributed by atoms with Gasteiger partial charge in [0.25, 0.3) is 5.56 Å². The highest BCUT2D eigenvalue weighted by molar-refractivity contribution is 7.18. The van der Waals surface area contributed by atoms with Crippen molar-refractivity contribution in [3.8, 4) is 0 Å². The molecule has 0 amide bonds. The summed E-state index contributed by atoms with van der Waals surface area (Å²) in [5.74, 6) is 0.675. The summed E-state index contributed by atoms with van der Waals surface area (Å²) < 4.78 is 8.13. The number of thiophene rings is 1. The van der Waals surface area contributed by atoms with E-state index < -0.39 is 0 Å². The van der Waals surface area contributed by atoms with Crippen molar-refractivity contribution in [2.45, 2.75) is 32.1 Å². The lowest BCUT2D eigenvalue weighted by Gasteiger charge is -2.09. The summed E-state index contributed by atoms with van der Waals surface area (Å²) in [6, 6.07) is 0. The molecule has 0 bridgehead atoms. The molecule has 5 nitrogen and oxygen atoms in total. The molecule has 3 heterocycles. The van der Waals surface area contributed by atoms with Crippen LogP contribution in [0.5, 0.6) is 0 Å². The van der Waals surface area contributed by atoms with E-state index in [4.69, 9.17) is 0 Å². The summed E-state index contributed by atoms with van der Waals surface area (Å²) in [6.07, 6.45) is 6.73. The van der Waals surface area contributed by atoms with E-state index in [0.717, 1.165) is 28.8 Å². The fraction of sp³-hybridized carbons (Fsp3) is 0.385. The maximum absolute atomic E-state index is 12.3. The van der Waals surface area contributed by atoms with Gasteiger partial charge in [0, 0.05) is 4.88 Å². The molecule has 0 saturated carbocycles. The molecule has 3 aromatic rings. The molecule has 1 aliphatic carbocycles. The predicted molar refractivity (Wildman–Crippen MR) is 79.6 cm³/mol. The Morgan fingerprint density at radius 3 is 3.05 bits per heavy atom. The van der Waals surface area contributed by atoms with Crippen LogP contribution in [0.2, 0.25) is 0 Å². The number of nitrogens with zero attached hydrogens (tertiary/aromatic N) is 3. The van der Waals surface area contributed by atoms with E-state index in [1.54, 1.807) is 17.5 Å². The van der Waals surface area contributed by atoms with Crippen molar-refractivity contribution in [3.05, 3.63) is 38.5 Å². The van der Waals surface area contributed by atoms with Gasteiger partial charge < -0.3 is 4.98 Å². The van der Waals surface area contributed by atoms with Crippen LogP contribution in [0.15, 0.2) is 11.0 Å². The molecule has 0 spiro atoms. The number of nitrogens with one attached hydrogen (secondary N) is 1. The molecule has 102 valence electrons. The normalized spacial score (nSPS) is 14.6. The van der Waals surface area contributed by atoms with E-state index in [1.807, 2.05) is 0 Å². The summed E-state index contributed by atoms with van der Waals surface area (Å²) in [6.45, 7) is 0. The third-order valence-electron chi connectivity index (χ3n) is 3.63. The number of rotatable bonds is 2. The number of fused-ring (bicyclic) bond motifs is 3. The Morgan fingerprint density at radius 1 is 1.30 bits per heavy atom. The lowest BCUT2D eigenvalue weighted by Crippen LogP contribution is -2.13. The molecule has 0 unspecified atom stereocenters. The standard InChI is InChI=1S/C13H12N4OS2/c18-12-11-8-3-1-2-4-9(8)19-13(11)16-10(15-12)5-7-6-14-20-17-7/h6H,1-5H2,(H,15,16,18). The van der Waals surface area contributed by atoms with Crippen LogP contribution in [0.1, 0.15) is 34.8 Å². The summed E-state index contributed by atoms with van der Waals surface area (Å²) >= 11 is 2.85. The van der Waals surface area contributed by atoms with Crippen LogP contribution in [0.4, 0.5) is 0 Å². The number of aromatic amines is 1. The molecule has 0 aliphatic heterocycles. The Morgan fingerprint density at radius 2 is 2.20 bits per heavy atom. The van der Waals surface area contributed by atoms with E-state index >= 15 is 0 Å². The van der Waals surface area contributed by atoms with Crippen molar-refractivity contribution in [2.75, 3.05) is 0 Å². The topological polar surface area (TPSA) is 71.5 Å². The highest BCUT2D eigenvalue weighted by Crippen LogP contribution is 2.33. The minimum absolute atomic E-state index is 0.00686. The van der Waals surface area contributed by atoms with Gasteiger partial charge in [0.2, 0.25) is 0 Å². The maximum atomic E-state index is 12.3. The predicted octanol–water partition coefficient (Wildman–Crippen LogP) is 2.31. The van der Waals surface area contributed by atoms with Crippen molar-refractivity contribution in [3.63, 3.8) is 0 Å². The van der Waals surface area contributed by atoms with Gasteiger partial charge in [-0.2, -0.15) is 8.75 Å². The number of H-pyrrole nitrogens is 1. The average molecular weight is 304 g/mol. The molecule has 0 atom stereocenters. The highest BCUT2D eigenvalue weighted by atomic mass is 32.1. The van der Waals surface area contributed by atoms with E-state index in [0.29, 0.717) is 12.2 Å². The van der Waals surface area contributed by atoms with Gasteiger partial charge in [-0.25, -0.2) is 4.98 Å². The lowest BCUT2D eigenvalue weighted by molar-refractivity contribution is 0.700. The summed E-state index contributed by atoms with van der Waals surface area (Å²) in [5.41, 5.74) is 2.07. The maximum Gasteiger partial charge on any atom is 0.259 e. The number of hydrogen-bond donors (Lipinski definition) is 1. The molecule has 0 aromatic carbocycles. The van der Waals surface area contributed by atoms with Crippen molar-refractivity contribution < 1.29 is 0 Å². The summed E-state index contributed by atoms with van der Waals surface area (Å²) in [4.78, 5) is 22.1. The quantitative estimate of drug-likeness (QED) is 0.788. The first kappa shape index (κ1) is 12.2. The molecule has 0 saturated heterocycles. The summed E-state index contributed by atoms with van der Waals surface area (Å²) in [7, 11) is 0. The van der Waals surface area contributed by atoms with Crippen molar-refractivity contribution >= 4 is 33.3 Å². The molecule has 4 rings (SSSR count). The van der Waals surface area contributed by atoms with Crippen molar-refractivity contribution in [1.29, 1.82) is 0 Å². The molecule has 0 fully saturated rings. The van der Waals surface area contributed by atoms with Crippen molar-refractivity contribution in [2.24, 2.45) is 0 Å². The third kappa shape index (κ3) is 1.97. The van der Waals surface area contributed by atoms with Crippen LogP contribution in [0.3, 0.4) is 0 Å². The molecule has 20 heavy (non-hydrogen) atoms. The monoisotopic (exact) mass is 304 g/mol. The van der Waals surface area contributed by atoms with Gasteiger partial charge in [-0.1, -0.05) is 0 Å². The van der Waals surface area contributed by atoms with Gasteiger partial charge in [-0.05, 0) is 31.2 Å². The fourth-order valence-corrected chi connectivity index (χ4v) is 4.44. The summed E-state index contributed by atoms with van der Waals surface area (Å²) in [5, 5.41) is 0.810. The van der Waals surface area contributed by atoms with Gasteiger partial charge in [-0.15, -0.1) is 11.3 Å². The second kappa shape index (κ2) is 4.75. The van der Waals surface area contributed by atoms with Crippen LogP contribution in [-0.4, -0.2) is 18.7 Å².